The summed E-state index contributed by atoms with van der Waals surface area (Å²) in [4.78, 5) is 15.2. The number of benzene rings is 1. The Labute approximate surface area is 129 Å². The minimum Gasteiger partial charge on any atom is -0.476 e. The van der Waals surface area contributed by atoms with Crippen molar-refractivity contribution in [2.45, 2.75) is 6.54 Å². The van der Waals surface area contributed by atoms with Crippen LogP contribution in [0.2, 0.25) is 10.0 Å². The summed E-state index contributed by atoms with van der Waals surface area (Å²) < 4.78 is 1.56. The Morgan fingerprint density at radius 3 is 2.62 bits per heavy atom. The number of rotatable bonds is 3. The lowest BCUT2D eigenvalue weighted by Gasteiger charge is -2.08. The molecule has 0 saturated carbocycles. The number of carboxylic acids is 1. The number of hydrogen-bond donors (Lipinski definition) is 1. The molecule has 0 atom stereocenters. The van der Waals surface area contributed by atoms with E-state index in [-0.39, 0.29) is 12.2 Å². The Kier molecular flexibility index (Phi) is 3.53. The molecule has 3 rings (SSSR count). The van der Waals surface area contributed by atoms with E-state index in [0.717, 1.165) is 0 Å². The van der Waals surface area contributed by atoms with Crippen LogP contribution >= 0.6 is 23.2 Å². The highest BCUT2D eigenvalue weighted by Crippen LogP contribution is 2.27. The van der Waals surface area contributed by atoms with Crippen LogP contribution in [0.4, 0.5) is 0 Å². The summed E-state index contributed by atoms with van der Waals surface area (Å²) in [6.07, 6.45) is 3.07. The number of carbonyl (C=O) groups is 1. The standard InChI is InChI=1S/C14H9Cl2N3O2/c15-10-2-1-3-11(16)9(10)7-19-12-4-5-17-6-8(12)13(18-19)14(20)21/h1-6H,7H2,(H,20,21). The summed E-state index contributed by atoms with van der Waals surface area (Å²) in [6, 6.07) is 6.92. The minimum absolute atomic E-state index is 0.0405. The fraction of sp³-hybridized carbons (Fsp3) is 0.0714. The Morgan fingerprint density at radius 1 is 1.24 bits per heavy atom. The van der Waals surface area contributed by atoms with Crippen molar-refractivity contribution >= 4 is 40.1 Å². The second-order valence-electron chi connectivity index (χ2n) is 4.40. The molecule has 2 heterocycles. The third-order valence-corrected chi connectivity index (χ3v) is 3.83. The minimum atomic E-state index is -1.10. The summed E-state index contributed by atoms with van der Waals surface area (Å²) in [5.74, 6) is -1.10. The van der Waals surface area contributed by atoms with Gasteiger partial charge in [-0.3, -0.25) is 9.67 Å². The van der Waals surface area contributed by atoms with Crippen LogP contribution in [0.15, 0.2) is 36.7 Å². The maximum atomic E-state index is 11.3. The average molecular weight is 322 g/mol. The third kappa shape index (κ3) is 2.46. The Bertz CT molecular complexity index is 825. The van der Waals surface area contributed by atoms with E-state index < -0.39 is 5.97 Å². The lowest BCUT2D eigenvalue weighted by atomic mass is 10.2. The highest BCUT2D eigenvalue weighted by Gasteiger charge is 2.17. The van der Waals surface area contributed by atoms with Crippen LogP contribution in [-0.4, -0.2) is 25.8 Å². The maximum absolute atomic E-state index is 11.3. The maximum Gasteiger partial charge on any atom is 0.357 e. The van der Waals surface area contributed by atoms with Gasteiger partial charge in [0.2, 0.25) is 0 Å². The van der Waals surface area contributed by atoms with E-state index in [1.165, 1.54) is 6.20 Å². The topological polar surface area (TPSA) is 68.0 Å². The first-order valence-electron chi connectivity index (χ1n) is 6.04. The summed E-state index contributed by atoms with van der Waals surface area (Å²) in [5, 5.41) is 14.8. The van der Waals surface area contributed by atoms with Crippen molar-refractivity contribution in [1.82, 2.24) is 14.8 Å². The summed E-state index contributed by atoms with van der Waals surface area (Å²) in [5.41, 5.74) is 1.32. The molecule has 1 aromatic carbocycles. The van der Waals surface area contributed by atoms with E-state index in [1.54, 1.807) is 35.1 Å². The first-order chi connectivity index (χ1) is 10.1. The summed E-state index contributed by atoms with van der Waals surface area (Å²) in [7, 11) is 0. The van der Waals surface area contributed by atoms with Gasteiger partial charge in [0.15, 0.2) is 5.69 Å². The lowest BCUT2D eigenvalue weighted by molar-refractivity contribution is 0.0691. The van der Waals surface area contributed by atoms with E-state index in [1.807, 2.05) is 0 Å². The van der Waals surface area contributed by atoms with Gasteiger partial charge in [-0.1, -0.05) is 29.3 Å². The zero-order valence-electron chi connectivity index (χ0n) is 10.6. The SMILES string of the molecule is O=C(O)c1nn(Cc2c(Cl)cccc2Cl)c2ccncc12. The molecular weight excluding hydrogens is 313 g/mol. The van der Waals surface area contributed by atoms with Crippen LogP contribution in [0.25, 0.3) is 10.9 Å². The van der Waals surface area contributed by atoms with Crippen molar-refractivity contribution in [2.24, 2.45) is 0 Å². The molecule has 0 aliphatic heterocycles. The second kappa shape index (κ2) is 5.35. The monoisotopic (exact) mass is 321 g/mol. The molecule has 7 heteroatoms. The van der Waals surface area contributed by atoms with Gasteiger partial charge in [0.25, 0.3) is 0 Å². The number of hydrogen-bond acceptors (Lipinski definition) is 3. The first kappa shape index (κ1) is 13.9. The number of aromatic nitrogens is 3. The summed E-state index contributed by atoms with van der Waals surface area (Å²) >= 11 is 12.3. The van der Waals surface area contributed by atoms with Crippen molar-refractivity contribution in [3.63, 3.8) is 0 Å². The third-order valence-electron chi connectivity index (χ3n) is 3.12. The molecule has 0 fully saturated rings. The van der Waals surface area contributed by atoms with E-state index >= 15 is 0 Å². The van der Waals surface area contributed by atoms with Crippen LogP contribution in [0.5, 0.6) is 0 Å². The van der Waals surface area contributed by atoms with E-state index in [0.29, 0.717) is 26.5 Å². The van der Waals surface area contributed by atoms with Crippen molar-refractivity contribution in [3.05, 3.63) is 58.0 Å². The van der Waals surface area contributed by atoms with Crippen molar-refractivity contribution in [2.75, 3.05) is 0 Å². The van der Waals surface area contributed by atoms with Gasteiger partial charge < -0.3 is 5.11 Å². The van der Waals surface area contributed by atoms with E-state index in [2.05, 4.69) is 10.1 Å². The molecule has 21 heavy (non-hydrogen) atoms. The predicted molar refractivity (Wildman–Crippen MR) is 80.1 cm³/mol. The molecular formula is C14H9Cl2N3O2. The zero-order valence-corrected chi connectivity index (χ0v) is 12.1. The van der Waals surface area contributed by atoms with Gasteiger partial charge in [-0.25, -0.2) is 4.79 Å². The van der Waals surface area contributed by atoms with Crippen LogP contribution in [0.1, 0.15) is 16.1 Å². The highest BCUT2D eigenvalue weighted by molar-refractivity contribution is 6.36. The number of fused-ring (bicyclic) bond motifs is 1. The van der Waals surface area contributed by atoms with Gasteiger partial charge in [-0.2, -0.15) is 5.10 Å². The Morgan fingerprint density at radius 2 is 1.95 bits per heavy atom. The number of aromatic carboxylic acids is 1. The molecule has 0 aliphatic carbocycles. The number of halogens is 2. The molecule has 0 bridgehead atoms. The molecule has 0 saturated heterocycles. The number of pyridine rings is 1. The van der Waals surface area contributed by atoms with Crippen molar-refractivity contribution < 1.29 is 9.90 Å². The van der Waals surface area contributed by atoms with Crippen LogP contribution in [-0.2, 0) is 6.54 Å². The number of nitrogens with zero attached hydrogens (tertiary/aromatic N) is 3. The molecule has 2 aromatic heterocycles. The molecule has 0 aliphatic rings. The normalized spacial score (nSPS) is 11.0. The quantitative estimate of drug-likeness (QED) is 0.801. The van der Waals surface area contributed by atoms with Crippen LogP contribution < -0.4 is 0 Å². The molecule has 3 aromatic rings. The smallest absolute Gasteiger partial charge is 0.357 e. The fourth-order valence-electron chi connectivity index (χ4n) is 2.13. The molecule has 0 radical (unpaired) electrons. The van der Waals surface area contributed by atoms with Crippen molar-refractivity contribution in [1.29, 1.82) is 0 Å². The van der Waals surface area contributed by atoms with Gasteiger partial charge in [-0.05, 0) is 18.2 Å². The molecule has 0 unspecified atom stereocenters. The molecule has 1 N–H and O–H groups in total. The van der Waals surface area contributed by atoms with Crippen LogP contribution in [0, 0.1) is 0 Å². The fourth-order valence-corrected chi connectivity index (χ4v) is 2.65. The largest absolute Gasteiger partial charge is 0.476 e. The molecule has 106 valence electrons. The molecule has 5 nitrogen and oxygen atoms in total. The molecule has 0 spiro atoms. The van der Waals surface area contributed by atoms with Gasteiger partial charge in [0.05, 0.1) is 17.4 Å². The Hall–Kier alpha value is -2.11. The summed E-state index contributed by atoms with van der Waals surface area (Å²) in [6.45, 7) is 0.284. The average Bonchev–Trinajstić information content (AvgIpc) is 2.82. The van der Waals surface area contributed by atoms with Gasteiger partial charge in [0, 0.05) is 28.0 Å². The van der Waals surface area contributed by atoms with Gasteiger partial charge in [0.1, 0.15) is 0 Å². The second-order valence-corrected chi connectivity index (χ2v) is 5.22. The van der Waals surface area contributed by atoms with Gasteiger partial charge in [-0.15, -0.1) is 0 Å². The van der Waals surface area contributed by atoms with Gasteiger partial charge >= 0.3 is 5.97 Å². The molecule has 0 amide bonds. The van der Waals surface area contributed by atoms with E-state index in [9.17, 15) is 9.90 Å². The lowest BCUT2D eigenvalue weighted by Crippen LogP contribution is -2.05. The zero-order chi connectivity index (χ0) is 15.0. The van der Waals surface area contributed by atoms with Crippen molar-refractivity contribution in [3.8, 4) is 0 Å². The first-order valence-corrected chi connectivity index (χ1v) is 6.80. The Balaban J connectivity index is 2.15. The van der Waals surface area contributed by atoms with E-state index in [4.69, 9.17) is 23.2 Å². The van der Waals surface area contributed by atoms with Crippen LogP contribution in [0.3, 0.4) is 0 Å². The predicted octanol–water partition coefficient (Wildman–Crippen LogP) is 3.48. The highest BCUT2D eigenvalue weighted by atomic mass is 35.5. The number of carboxylic acid groups (broad SMARTS) is 1.